The molecule has 0 unspecified atom stereocenters. The molecule has 0 radical (unpaired) electrons. The first-order valence-corrected chi connectivity index (χ1v) is 9.34. The van der Waals surface area contributed by atoms with E-state index in [1.807, 2.05) is 0 Å². The van der Waals surface area contributed by atoms with Gasteiger partial charge in [0.1, 0.15) is 0 Å². The van der Waals surface area contributed by atoms with Crippen LogP contribution < -0.4 is 10.6 Å². The summed E-state index contributed by atoms with van der Waals surface area (Å²) < 4.78 is 0. The van der Waals surface area contributed by atoms with Crippen molar-refractivity contribution in [3.05, 3.63) is 28.2 Å². The molecule has 1 aromatic carbocycles. The Labute approximate surface area is 159 Å². The number of anilines is 1. The van der Waals surface area contributed by atoms with Crippen LogP contribution in [0.1, 0.15) is 32.6 Å². The predicted molar refractivity (Wildman–Crippen MR) is 102 cm³/mol. The fourth-order valence-electron chi connectivity index (χ4n) is 3.13. The quantitative estimate of drug-likeness (QED) is 0.786. The number of amides is 2. The number of nitrogens with one attached hydrogen (secondary N) is 2. The molecule has 1 aromatic rings. The highest BCUT2D eigenvalue weighted by atomic mass is 35.5. The summed E-state index contributed by atoms with van der Waals surface area (Å²) in [4.78, 5) is 26.0. The van der Waals surface area contributed by atoms with Gasteiger partial charge in [0.05, 0.1) is 28.8 Å². The molecular weight excluding hydrogens is 361 g/mol. The van der Waals surface area contributed by atoms with Crippen LogP contribution in [0, 0.1) is 5.92 Å². The third-order valence-corrected chi connectivity index (χ3v) is 5.14. The molecule has 2 amide bonds. The number of para-hydroxylation sites is 1. The molecule has 2 N–H and O–H groups in total. The van der Waals surface area contributed by atoms with E-state index >= 15 is 0 Å². The molecule has 1 aliphatic rings. The number of carbonyl (C=O) groups excluding carboxylic acids is 2. The van der Waals surface area contributed by atoms with E-state index in [0.717, 1.165) is 19.3 Å². The van der Waals surface area contributed by atoms with E-state index in [9.17, 15) is 9.59 Å². The van der Waals surface area contributed by atoms with Crippen LogP contribution in [0.5, 0.6) is 0 Å². The van der Waals surface area contributed by atoms with Crippen LogP contribution in [-0.4, -0.2) is 42.9 Å². The number of nitrogens with zero attached hydrogens (tertiary/aromatic N) is 1. The van der Waals surface area contributed by atoms with Crippen molar-refractivity contribution in [2.45, 2.75) is 38.6 Å². The number of carbonyl (C=O) groups is 2. The topological polar surface area (TPSA) is 61.4 Å². The van der Waals surface area contributed by atoms with Gasteiger partial charge < -0.3 is 10.6 Å². The normalized spacial score (nSPS) is 20.4. The maximum Gasteiger partial charge on any atom is 0.238 e. The first-order valence-electron chi connectivity index (χ1n) is 8.58. The minimum absolute atomic E-state index is 0.0511. The fourth-order valence-corrected chi connectivity index (χ4v) is 3.62. The van der Waals surface area contributed by atoms with Crippen LogP contribution in [-0.2, 0) is 9.59 Å². The van der Waals surface area contributed by atoms with Crippen LogP contribution in [0.25, 0.3) is 0 Å². The van der Waals surface area contributed by atoms with Gasteiger partial charge in [0.2, 0.25) is 11.8 Å². The van der Waals surface area contributed by atoms with Gasteiger partial charge in [0.25, 0.3) is 0 Å². The van der Waals surface area contributed by atoms with Crippen LogP contribution in [0.15, 0.2) is 18.2 Å². The highest BCUT2D eigenvalue weighted by Crippen LogP contribution is 2.29. The number of benzene rings is 1. The summed E-state index contributed by atoms with van der Waals surface area (Å²) in [5.41, 5.74) is 0.393. The van der Waals surface area contributed by atoms with E-state index in [2.05, 4.69) is 17.6 Å². The maximum absolute atomic E-state index is 12.2. The number of likely N-dealkylation sites (N-methyl/N-ethyl adjacent to an activating group) is 1. The molecule has 0 heterocycles. The average Bonchev–Trinajstić information content (AvgIpc) is 2.53. The molecule has 5 nitrogen and oxygen atoms in total. The second-order valence-corrected chi connectivity index (χ2v) is 7.57. The Morgan fingerprint density at radius 1 is 1.12 bits per heavy atom. The van der Waals surface area contributed by atoms with Gasteiger partial charge in [-0.3, -0.25) is 14.5 Å². The second kappa shape index (κ2) is 9.41. The zero-order valence-electron chi connectivity index (χ0n) is 14.6. The fraction of sp³-hybridized carbons (Fsp3) is 0.556. The van der Waals surface area contributed by atoms with Crippen molar-refractivity contribution >= 4 is 40.7 Å². The molecule has 0 saturated heterocycles. The minimum Gasteiger partial charge on any atom is -0.352 e. The van der Waals surface area contributed by atoms with Crippen molar-refractivity contribution in [1.29, 1.82) is 0 Å². The Hall–Kier alpha value is -1.30. The predicted octanol–water partition coefficient (Wildman–Crippen LogP) is 3.56. The van der Waals surface area contributed by atoms with E-state index in [0.29, 0.717) is 21.7 Å². The number of hydrogen-bond acceptors (Lipinski definition) is 3. The molecule has 0 spiro atoms. The molecule has 0 aliphatic heterocycles. The third kappa shape index (κ3) is 6.17. The molecule has 1 fully saturated rings. The molecule has 25 heavy (non-hydrogen) atoms. The molecular formula is C18H25Cl2N3O2. The largest absolute Gasteiger partial charge is 0.352 e. The summed E-state index contributed by atoms with van der Waals surface area (Å²) in [6.45, 7) is 2.43. The van der Waals surface area contributed by atoms with E-state index in [4.69, 9.17) is 23.2 Å². The summed E-state index contributed by atoms with van der Waals surface area (Å²) >= 11 is 12.1. The van der Waals surface area contributed by atoms with Crippen LogP contribution in [0.3, 0.4) is 0 Å². The van der Waals surface area contributed by atoms with Crippen molar-refractivity contribution in [2.75, 3.05) is 25.5 Å². The Morgan fingerprint density at radius 3 is 2.36 bits per heavy atom. The summed E-state index contributed by atoms with van der Waals surface area (Å²) in [6.07, 6.45) is 4.58. The van der Waals surface area contributed by atoms with Crippen molar-refractivity contribution < 1.29 is 9.59 Å². The molecule has 7 heteroatoms. The Bertz CT molecular complexity index is 604. The van der Waals surface area contributed by atoms with Gasteiger partial charge in [-0.05, 0) is 37.9 Å². The van der Waals surface area contributed by atoms with Gasteiger partial charge >= 0.3 is 0 Å². The van der Waals surface area contributed by atoms with Gasteiger partial charge in [-0.1, -0.05) is 49.0 Å². The summed E-state index contributed by atoms with van der Waals surface area (Å²) in [7, 11) is 1.73. The lowest BCUT2D eigenvalue weighted by Crippen LogP contribution is -2.46. The van der Waals surface area contributed by atoms with Gasteiger partial charge in [0.15, 0.2) is 0 Å². The third-order valence-electron chi connectivity index (χ3n) is 4.51. The molecule has 1 aliphatic carbocycles. The van der Waals surface area contributed by atoms with Gasteiger partial charge in [0, 0.05) is 6.04 Å². The second-order valence-electron chi connectivity index (χ2n) is 6.75. The lowest BCUT2D eigenvalue weighted by atomic mass is 9.86. The van der Waals surface area contributed by atoms with Crippen molar-refractivity contribution in [2.24, 2.45) is 5.92 Å². The number of halogens is 2. The summed E-state index contributed by atoms with van der Waals surface area (Å²) in [6, 6.07) is 5.27. The Morgan fingerprint density at radius 2 is 1.72 bits per heavy atom. The molecule has 0 aromatic heterocycles. The standard InChI is InChI=1S/C18H25Cl2N3O2/c1-12-6-3-4-9-15(12)21-16(24)10-23(2)11-17(25)22-18-13(19)7-5-8-14(18)20/h5,7-8,12,15H,3-4,6,9-11H2,1-2H3,(H,21,24)(H,22,25)/t12-,15-/m0/s1. The first-order chi connectivity index (χ1) is 11.9. The molecule has 2 atom stereocenters. The summed E-state index contributed by atoms with van der Waals surface area (Å²) in [5.74, 6) is 0.190. The van der Waals surface area contributed by atoms with E-state index < -0.39 is 0 Å². The minimum atomic E-state index is -0.267. The smallest absolute Gasteiger partial charge is 0.238 e. The maximum atomic E-state index is 12.2. The summed E-state index contributed by atoms with van der Waals surface area (Å²) in [5, 5.41) is 6.54. The lowest BCUT2D eigenvalue weighted by molar-refractivity contribution is -0.124. The molecule has 0 bridgehead atoms. The molecule has 1 saturated carbocycles. The van der Waals surface area contributed by atoms with Gasteiger partial charge in [-0.15, -0.1) is 0 Å². The van der Waals surface area contributed by atoms with Crippen LogP contribution in [0.2, 0.25) is 10.0 Å². The highest BCUT2D eigenvalue weighted by Gasteiger charge is 2.23. The van der Waals surface area contributed by atoms with Crippen molar-refractivity contribution in [3.63, 3.8) is 0 Å². The lowest BCUT2D eigenvalue weighted by Gasteiger charge is -2.30. The SMILES string of the molecule is C[C@H]1CCCC[C@@H]1NC(=O)CN(C)CC(=O)Nc1c(Cl)cccc1Cl. The molecule has 138 valence electrons. The monoisotopic (exact) mass is 385 g/mol. The van der Waals surface area contributed by atoms with E-state index in [1.165, 1.54) is 6.42 Å². The highest BCUT2D eigenvalue weighted by molar-refractivity contribution is 6.39. The average molecular weight is 386 g/mol. The van der Waals surface area contributed by atoms with Crippen LogP contribution >= 0.6 is 23.2 Å². The zero-order valence-corrected chi connectivity index (χ0v) is 16.2. The van der Waals surface area contributed by atoms with Gasteiger partial charge in [-0.25, -0.2) is 0 Å². The van der Waals surface area contributed by atoms with Crippen molar-refractivity contribution in [1.82, 2.24) is 10.2 Å². The van der Waals surface area contributed by atoms with Crippen molar-refractivity contribution in [3.8, 4) is 0 Å². The first kappa shape index (κ1) is 20.0. The Kier molecular flexibility index (Phi) is 7.54. The van der Waals surface area contributed by atoms with Crippen LogP contribution in [0.4, 0.5) is 5.69 Å². The zero-order chi connectivity index (χ0) is 18.4. The molecule has 2 rings (SSSR count). The number of rotatable bonds is 6. The van der Waals surface area contributed by atoms with E-state index in [1.54, 1.807) is 30.1 Å². The number of hydrogen-bond donors (Lipinski definition) is 2. The van der Waals surface area contributed by atoms with Gasteiger partial charge in [-0.2, -0.15) is 0 Å². The van der Waals surface area contributed by atoms with E-state index in [-0.39, 0.29) is 30.9 Å². The Balaban J connectivity index is 1.80.